The van der Waals surface area contributed by atoms with E-state index in [0.29, 0.717) is 0 Å². The number of nitrogens with zero attached hydrogens (tertiary/aromatic N) is 2. The van der Waals surface area contributed by atoms with E-state index in [4.69, 9.17) is 0 Å². The van der Waals surface area contributed by atoms with Gasteiger partial charge in [0.1, 0.15) is 0 Å². The van der Waals surface area contributed by atoms with Gasteiger partial charge in [0.05, 0.1) is 8.07 Å². The molecule has 6 aromatic rings. The minimum Gasteiger partial charge on any atom is -0.305 e. The maximum atomic E-state index is 4.57. The Morgan fingerprint density at radius 3 is 1.89 bits per heavy atom. The van der Waals surface area contributed by atoms with Crippen molar-refractivity contribution in [2.45, 2.75) is 19.6 Å². The van der Waals surface area contributed by atoms with Gasteiger partial charge >= 0.3 is 0 Å². The van der Waals surface area contributed by atoms with Crippen LogP contribution in [-0.2, 0) is 20.1 Å². The van der Waals surface area contributed by atoms with Crippen LogP contribution in [0.1, 0.15) is 0 Å². The van der Waals surface area contributed by atoms with Crippen LogP contribution in [0.2, 0.25) is 19.6 Å². The quantitative estimate of drug-likeness (QED) is 0.140. The van der Waals surface area contributed by atoms with Crippen molar-refractivity contribution in [1.82, 2.24) is 9.97 Å². The average Bonchev–Trinajstić information content (AvgIpc) is 3.28. The molecule has 0 fully saturated rings. The van der Waals surface area contributed by atoms with Gasteiger partial charge in [-0.2, -0.15) is 0 Å². The first kappa shape index (κ1) is 26.1. The van der Waals surface area contributed by atoms with Gasteiger partial charge in [0.15, 0.2) is 0 Å². The molecule has 0 aliphatic carbocycles. The number of thiophene rings is 1. The molecule has 3 heterocycles. The second kappa shape index (κ2) is 11.4. The standard InChI is InChI=1S/C17H10NS.C14H16NSi.Ir/c1-2-6-12(7-3-1)15-10-17-14(11-18-15)13-8-4-5-9-16(13)19-17;1-16(2,3)13-9-10-14(15-11-13)12-7-5-4-6-8-12;/h1-6,8-11H;4-7,9-11H,1-3H3;/q2*-1;. The van der Waals surface area contributed by atoms with E-state index in [1.807, 2.05) is 72.3 Å². The summed E-state index contributed by atoms with van der Waals surface area (Å²) in [6.45, 7) is 7.00. The largest absolute Gasteiger partial charge is 0.305 e. The van der Waals surface area contributed by atoms with Gasteiger partial charge in [-0.05, 0) is 22.6 Å². The molecule has 0 aliphatic rings. The van der Waals surface area contributed by atoms with Crippen molar-refractivity contribution in [3.05, 3.63) is 116 Å². The molecular weight excluding hydrogens is 653 g/mol. The molecule has 0 spiro atoms. The minimum absolute atomic E-state index is 0. The maximum Gasteiger partial charge on any atom is 0.0795 e. The summed E-state index contributed by atoms with van der Waals surface area (Å²) in [6.07, 6.45) is 3.99. The summed E-state index contributed by atoms with van der Waals surface area (Å²) in [4.78, 5) is 9.09. The molecule has 6 rings (SSSR count). The van der Waals surface area contributed by atoms with Gasteiger partial charge < -0.3 is 9.97 Å². The number of hydrogen-bond acceptors (Lipinski definition) is 3. The summed E-state index contributed by atoms with van der Waals surface area (Å²) in [5.74, 6) is 0. The Kier molecular flexibility index (Phi) is 8.27. The molecule has 0 atom stereocenters. The number of pyridine rings is 2. The van der Waals surface area contributed by atoms with E-state index >= 15 is 0 Å². The third-order valence-electron chi connectivity index (χ3n) is 5.86. The predicted molar refractivity (Wildman–Crippen MR) is 153 cm³/mol. The molecule has 5 heteroatoms. The molecular formula is C31H26IrN2SSi-2. The van der Waals surface area contributed by atoms with Crippen LogP contribution in [0.3, 0.4) is 0 Å². The molecule has 0 saturated carbocycles. The van der Waals surface area contributed by atoms with Gasteiger partial charge in [-0.25, -0.2) is 0 Å². The number of benzene rings is 3. The molecule has 3 aromatic heterocycles. The first-order chi connectivity index (χ1) is 17.0. The first-order valence-corrected chi connectivity index (χ1v) is 16.0. The van der Waals surface area contributed by atoms with E-state index in [-0.39, 0.29) is 20.1 Å². The van der Waals surface area contributed by atoms with E-state index in [1.54, 1.807) is 0 Å². The van der Waals surface area contributed by atoms with Gasteiger partial charge in [0.25, 0.3) is 0 Å². The summed E-state index contributed by atoms with van der Waals surface area (Å²) in [5.41, 5.74) is 4.09. The van der Waals surface area contributed by atoms with Gasteiger partial charge in [-0.15, -0.1) is 83.1 Å². The molecule has 0 bridgehead atoms. The van der Waals surface area contributed by atoms with Crippen LogP contribution in [0.4, 0.5) is 0 Å². The zero-order valence-electron chi connectivity index (χ0n) is 20.5. The van der Waals surface area contributed by atoms with Crippen molar-refractivity contribution >= 4 is 44.8 Å². The minimum atomic E-state index is -1.23. The Balaban J connectivity index is 0.000000167. The van der Waals surface area contributed by atoms with Crippen molar-refractivity contribution in [2.24, 2.45) is 0 Å². The first-order valence-electron chi connectivity index (χ1n) is 11.7. The molecule has 0 N–H and O–H groups in total. The summed E-state index contributed by atoms with van der Waals surface area (Å²) >= 11 is 1.82. The number of hydrogen-bond donors (Lipinski definition) is 0. The third-order valence-corrected chi connectivity index (χ3v) is 9.02. The molecule has 36 heavy (non-hydrogen) atoms. The SMILES string of the molecule is C[Si](C)(C)c1ccc(-c2[c-]cccc2)nc1.[Ir].[c-]1ccccc1-c1cc2sc3ccccc3c2cn1. The zero-order chi connectivity index (χ0) is 24.3. The number of fused-ring (bicyclic) bond motifs is 3. The van der Waals surface area contributed by atoms with Crippen LogP contribution in [0.25, 0.3) is 42.7 Å². The summed E-state index contributed by atoms with van der Waals surface area (Å²) in [5, 5.41) is 3.92. The van der Waals surface area contributed by atoms with Crippen molar-refractivity contribution in [2.75, 3.05) is 0 Å². The van der Waals surface area contributed by atoms with Crippen LogP contribution < -0.4 is 5.19 Å². The normalized spacial score (nSPS) is 11.0. The van der Waals surface area contributed by atoms with Crippen molar-refractivity contribution in [3.63, 3.8) is 0 Å². The van der Waals surface area contributed by atoms with Gasteiger partial charge in [-0.1, -0.05) is 56.0 Å². The van der Waals surface area contributed by atoms with Crippen molar-refractivity contribution in [1.29, 1.82) is 0 Å². The summed E-state index contributed by atoms with van der Waals surface area (Å²) < 4.78 is 2.59. The molecule has 181 valence electrons. The van der Waals surface area contributed by atoms with E-state index in [9.17, 15) is 0 Å². The van der Waals surface area contributed by atoms with E-state index in [0.717, 1.165) is 22.5 Å². The van der Waals surface area contributed by atoms with Gasteiger partial charge in [-0.3, -0.25) is 0 Å². The Morgan fingerprint density at radius 2 is 1.28 bits per heavy atom. The molecule has 3 aromatic carbocycles. The maximum absolute atomic E-state index is 4.57. The van der Waals surface area contributed by atoms with Crippen molar-refractivity contribution in [3.8, 4) is 22.5 Å². The Bertz CT molecular complexity index is 1560. The smallest absolute Gasteiger partial charge is 0.0795 e. The second-order valence-corrected chi connectivity index (χ2v) is 15.6. The Morgan fingerprint density at radius 1 is 0.639 bits per heavy atom. The number of rotatable bonds is 3. The molecule has 0 saturated heterocycles. The van der Waals surface area contributed by atoms with Crippen LogP contribution in [0.15, 0.2) is 103 Å². The van der Waals surface area contributed by atoms with Gasteiger partial charge in [0.2, 0.25) is 0 Å². The van der Waals surface area contributed by atoms with Crippen LogP contribution in [0, 0.1) is 12.1 Å². The summed E-state index contributed by atoms with van der Waals surface area (Å²) in [6, 6.07) is 37.3. The van der Waals surface area contributed by atoms with Crippen molar-refractivity contribution < 1.29 is 20.1 Å². The predicted octanol–water partition coefficient (Wildman–Crippen LogP) is 8.01. The summed E-state index contributed by atoms with van der Waals surface area (Å²) in [7, 11) is -1.23. The topological polar surface area (TPSA) is 25.8 Å². The number of aromatic nitrogens is 2. The monoisotopic (exact) mass is 679 g/mol. The second-order valence-electron chi connectivity index (χ2n) is 9.40. The molecule has 0 amide bonds. The van der Waals surface area contributed by atoms with Crippen LogP contribution in [0.5, 0.6) is 0 Å². The fourth-order valence-electron chi connectivity index (χ4n) is 3.87. The Labute approximate surface area is 231 Å². The third kappa shape index (κ3) is 5.88. The van der Waals surface area contributed by atoms with Crippen LogP contribution >= 0.6 is 11.3 Å². The molecule has 1 radical (unpaired) electrons. The van der Waals surface area contributed by atoms with Crippen LogP contribution in [-0.4, -0.2) is 18.0 Å². The molecule has 0 unspecified atom stereocenters. The Hall–Kier alpha value is -2.95. The fraction of sp³-hybridized carbons (Fsp3) is 0.0968. The van der Waals surface area contributed by atoms with E-state index in [2.05, 4.69) is 84.2 Å². The molecule has 0 aliphatic heterocycles. The fourth-order valence-corrected chi connectivity index (χ4v) is 6.02. The zero-order valence-corrected chi connectivity index (χ0v) is 24.7. The van der Waals surface area contributed by atoms with E-state index in [1.165, 1.54) is 25.4 Å². The molecule has 2 nitrogen and oxygen atoms in total. The van der Waals surface area contributed by atoms with E-state index < -0.39 is 8.07 Å². The average molecular weight is 679 g/mol. The van der Waals surface area contributed by atoms with Gasteiger partial charge in [0, 0.05) is 52.7 Å².